The van der Waals surface area contributed by atoms with E-state index in [0.29, 0.717) is 6.54 Å². The van der Waals surface area contributed by atoms with Gasteiger partial charge in [0.2, 0.25) is 0 Å². The maximum absolute atomic E-state index is 5.53. The Morgan fingerprint density at radius 1 is 1.07 bits per heavy atom. The molecular formula is C21H31IN4O. The Labute approximate surface area is 180 Å². The van der Waals surface area contributed by atoms with Crippen molar-refractivity contribution in [2.24, 2.45) is 4.99 Å². The van der Waals surface area contributed by atoms with Gasteiger partial charge in [-0.3, -0.25) is 4.99 Å². The number of nitrogens with one attached hydrogen (secondary N) is 2. The molecule has 0 amide bonds. The molecule has 0 aliphatic heterocycles. The molecule has 2 unspecified atom stereocenters. The fraction of sp³-hybridized carbons (Fsp3) is 0.381. The molecule has 6 heteroatoms. The molecule has 2 aromatic carbocycles. The van der Waals surface area contributed by atoms with Crippen LogP contribution in [0.4, 0.5) is 0 Å². The van der Waals surface area contributed by atoms with Crippen LogP contribution in [0.3, 0.4) is 0 Å². The lowest BCUT2D eigenvalue weighted by molar-refractivity contribution is 0.287. The molecule has 5 nitrogen and oxygen atoms in total. The summed E-state index contributed by atoms with van der Waals surface area (Å²) in [6.45, 7) is 2.85. The molecule has 0 heterocycles. The van der Waals surface area contributed by atoms with Crippen molar-refractivity contribution >= 4 is 29.9 Å². The van der Waals surface area contributed by atoms with Crippen LogP contribution < -0.4 is 15.4 Å². The van der Waals surface area contributed by atoms with Gasteiger partial charge in [-0.05, 0) is 32.6 Å². The van der Waals surface area contributed by atoms with E-state index >= 15 is 0 Å². The number of halogens is 1. The number of ether oxygens (including phenoxy) is 1. The summed E-state index contributed by atoms with van der Waals surface area (Å²) in [5.41, 5.74) is 2.38. The second-order valence-electron chi connectivity index (χ2n) is 6.45. The van der Waals surface area contributed by atoms with Crippen LogP contribution in [0.2, 0.25) is 0 Å². The zero-order valence-corrected chi connectivity index (χ0v) is 19.1. The monoisotopic (exact) mass is 482 g/mol. The van der Waals surface area contributed by atoms with E-state index in [1.54, 1.807) is 14.2 Å². The molecule has 0 saturated heterocycles. The summed E-state index contributed by atoms with van der Waals surface area (Å²) < 4.78 is 5.53. The van der Waals surface area contributed by atoms with Gasteiger partial charge in [0.15, 0.2) is 5.96 Å². The van der Waals surface area contributed by atoms with Crippen LogP contribution >= 0.6 is 24.0 Å². The third kappa shape index (κ3) is 6.70. The number of benzene rings is 2. The van der Waals surface area contributed by atoms with E-state index in [1.165, 1.54) is 5.56 Å². The van der Waals surface area contributed by atoms with E-state index in [4.69, 9.17) is 4.74 Å². The normalized spacial score (nSPS) is 13.5. The summed E-state index contributed by atoms with van der Waals surface area (Å²) in [6, 6.07) is 18.8. The predicted octanol–water partition coefficient (Wildman–Crippen LogP) is 3.84. The summed E-state index contributed by atoms with van der Waals surface area (Å²) in [7, 11) is 7.64. The van der Waals surface area contributed by atoms with Crippen molar-refractivity contribution in [3.8, 4) is 5.75 Å². The second-order valence-corrected chi connectivity index (χ2v) is 6.45. The minimum Gasteiger partial charge on any atom is -0.496 e. The second kappa shape index (κ2) is 11.8. The van der Waals surface area contributed by atoms with Gasteiger partial charge in [0.25, 0.3) is 0 Å². The van der Waals surface area contributed by atoms with Gasteiger partial charge in [-0.1, -0.05) is 48.5 Å². The van der Waals surface area contributed by atoms with Crippen LogP contribution in [0.5, 0.6) is 5.75 Å². The molecule has 0 aliphatic carbocycles. The van der Waals surface area contributed by atoms with Crippen molar-refractivity contribution in [2.45, 2.75) is 19.0 Å². The number of para-hydroxylation sites is 1. The van der Waals surface area contributed by atoms with Crippen molar-refractivity contribution in [2.75, 3.05) is 34.8 Å². The first-order chi connectivity index (χ1) is 12.6. The highest BCUT2D eigenvalue weighted by molar-refractivity contribution is 14.0. The van der Waals surface area contributed by atoms with Crippen LogP contribution in [-0.2, 0) is 0 Å². The number of hydrogen-bond acceptors (Lipinski definition) is 3. The minimum atomic E-state index is 0. The van der Waals surface area contributed by atoms with Crippen molar-refractivity contribution in [3.63, 3.8) is 0 Å². The van der Waals surface area contributed by atoms with E-state index in [-0.39, 0.29) is 36.1 Å². The van der Waals surface area contributed by atoms with E-state index < -0.39 is 0 Å². The summed E-state index contributed by atoms with van der Waals surface area (Å²) in [4.78, 5) is 6.55. The van der Waals surface area contributed by atoms with Crippen LogP contribution in [0, 0.1) is 0 Å². The van der Waals surface area contributed by atoms with Crippen molar-refractivity contribution in [1.29, 1.82) is 0 Å². The van der Waals surface area contributed by atoms with Gasteiger partial charge in [0, 0.05) is 19.2 Å². The Morgan fingerprint density at radius 3 is 2.30 bits per heavy atom. The SMILES string of the molecule is CN=C(NCC(c1ccccc1OC)N(C)C)NC(C)c1ccccc1.I. The Morgan fingerprint density at radius 2 is 1.70 bits per heavy atom. The molecule has 0 saturated carbocycles. The first-order valence-electron chi connectivity index (χ1n) is 8.88. The van der Waals surface area contributed by atoms with Gasteiger partial charge in [-0.2, -0.15) is 0 Å². The fourth-order valence-electron chi connectivity index (χ4n) is 2.93. The predicted molar refractivity (Wildman–Crippen MR) is 124 cm³/mol. The molecule has 0 spiro atoms. The van der Waals surface area contributed by atoms with Crippen LogP contribution in [0.1, 0.15) is 30.1 Å². The van der Waals surface area contributed by atoms with Crippen molar-refractivity contribution < 1.29 is 4.74 Å². The summed E-state index contributed by atoms with van der Waals surface area (Å²) >= 11 is 0. The van der Waals surface area contributed by atoms with Gasteiger partial charge in [-0.15, -0.1) is 24.0 Å². The van der Waals surface area contributed by atoms with Crippen LogP contribution in [0.15, 0.2) is 59.6 Å². The smallest absolute Gasteiger partial charge is 0.191 e. The van der Waals surface area contributed by atoms with E-state index in [9.17, 15) is 0 Å². The molecule has 0 radical (unpaired) electrons. The molecule has 2 atom stereocenters. The highest BCUT2D eigenvalue weighted by Gasteiger charge is 2.19. The van der Waals surface area contributed by atoms with E-state index in [2.05, 4.69) is 59.7 Å². The molecule has 2 rings (SSSR count). The third-order valence-corrected chi connectivity index (χ3v) is 4.46. The molecule has 27 heavy (non-hydrogen) atoms. The van der Waals surface area contributed by atoms with Gasteiger partial charge >= 0.3 is 0 Å². The lowest BCUT2D eigenvalue weighted by Crippen LogP contribution is -2.42. The highest BCUT2D eigenvalue weighted by Crippen LogP contribution is 2.27. The molecule has 0 bridgehead atoms. The zero-order chi connectivity index (χ0) is 18.9. The number of methoxy groups -OCH3 is 1. The Hall–Kier alpha value is -1.80. The molecule has 0 aliphatic rings. The van der Waals surface area contributed by atoms with Crippen LogP contribution in [-0.4, -0.2) is 45.7 Å². The minimum absolute atomic E-state index is 0. The number of likely N-dealkylation sites (N-methyl/N-ethyl adjacent to an activating group) is 1. The third-order valence-electron chi connectivity index (χ3n) is 4.46. The molecular weight excluding hydrogens is 451 g/mol. The van der Waals surface area contributed by atoms with Crippen LogP contribution in [0.25, 0.3) is 0 Å². The molecule has 0 fully saturated rings. The molecule has 0 aromatic heterocycles. The topological polar surface area (TPSA) is 48.9 Å². The number of rotatable bonds is 7. The summed E-state index contributed by atoms with van der Waals surface area (Å²) in [6.07, 6.45) is 0. The van der Waals surface area contributed by atoms with Crippen molar-refractivity contribution in [3.05, 3.63) is 65.7 Å². The van der Waals surface area contributed by atoms with Crippen molar-refractivity contribution in [1.82, 2.24) is 15.5 Å². The zero-order valence-electron chi connectivity index (χ0n) is 16.8. The molecule has 2 N–H and O–H groups in total. The number of guanidine groups is 1. The number of nitrogens with zero attached hydrogens (tertiary/aromatic N) is 2. The maximum Gasteiger partial charge on any atom is 0.191 e. The van der Waals surface area contributed by atoms with Gasteiger partial charge in [0.05, 0.1) is 19.2 Å². The Kier molecular flexibility index (Phi) is 10.2. The lowest BCUT2D eigenvalue weighted by atomic mass is 10.0. The highest BCUT2D eigenvalue weighted by atomic mass is 127. The first-order valence-corrected chi connectivity index (χ1v) is 8.88. The summed E-state index contributed by atoms with van der Waals surface area (Å²) in [5.74, 6) is 1.68. The average Bonchev–Trinajstić information content (AvgIpc) is 2.67. The molecule has 148 valence electrons. The van der Waals surface area contributed by atoms with Gasteiger partial charge in [0.1, 0.15) is 5.75 Å². The van der Waals surface area contributed by atoms with E-state index in [0.717, 1.165) is 17.3 Å². The number of hydrogen-bond donors (Lipinski definition) is 2. The molecule has 2 aromatic rings. The van der Waals surface area contributed by atoms with Gasteiger partial charge < -0.3 is 20.3 Å². The maximum atomic E-state index is 5.53. The fourth-order valence-corrected chi connectivity index (χ4v) is 2.93. The quantitative estimate of drug-likeness (QED) is 0.358. The van der Waals surface area contributed by atoms with Gasteiger partial charge in [-0.25, -0.2) is 0 Å². The standard InChI is InChI=1S/C21H30N4O.HI/c1-16(17-11-7-6-8-12-17)24-21(22-2)23-15-19(25(3)4)18-13-9-10-14-20(18)26-5;/h6-14,16,19H,15H2,1-5H3,(H2,22,23,24);1H. The van der Waals surface area contributed by atoms with E-state index in [1.807, 2.05) is 36.4 Å². The first kappa shape index (κ1) is 23.2. The Bertz CT molecular complexity index is 706. The summed E-state index contributed by atoms with van der Waals surface area (Å²) in [5, 5.41) is 6.89. The largest absolute Gasteiger partial charge is 0.496 e. The number of aliphatic imine (C=N–C) groups is 1. The lowest BCUT2D eigenvalue weighted by Gasteiger charge is -2.28. The average molecular weight is 482 g/mol. The Balaban J connectivity index is 0.00000364.